The average molecular weight is 385 g/mol. The van der Waals surface area contributed by atoms with Crippen molar-refractivity contribution >= 4 is 0 Å². The Morgan fingerprint density at radius 2 is 2.00 bits per heavy atom. The molecule has 2 fully saturated rings. The van der Waals surface area contributed by atoms with Crippen molar-refractivity contribution in [1.29, 1.82) is 0 Å². The van der Waals surface area contributed by atoms with Crippen LogP contribution in [0.5, 0.6) is 11.6 Å². The lowest BCUT2D eigenvalue weighted by molar-refractivity contribution is 0.297. The fourth-order valence-electron chi connectivity index (χ4n) is 4.40. The van der Waals surface area contributed by atoms with Gasteiger partial charge in [-0.1, -0.05) is 25.5 Å². The first kappa shape index (κ1) is 19.3. The highest BCUT2D eigenvalue weighted by Gasteiger charge is 2.35. The van der Waals surface area contributed by atoms with E-state index < -0.39 is 0 Å². The third kappa shape index (κ3) is 4.50. The molecule has 4 rings (SSSR count). The summed E-state index contributed by atoms with van der Waals surface area (Å²) in [5.74, 6) is 3.28. The van der Waals surface area contributed by atoms with Gasteiger partial charge in [0.2, 0.25) is 5.88 Å². The minimum Gasteiger partial charge on any atom is -0.496 e. The molecule has 152 valence electrons. The topological polar surface area (TPSA) is 62.4 Å². The number of fused-ring (bicyclic) bond motifs is 1. The minimum absolute atomic E-state index is 0.674. The maximum atomic E-state index is 5.69. The smallest absolute Gasteiger partial charge is 0.232 e. The van der Waals surface area contributed by atoms with Crippen LogP contribution in [0.25, 0.3) is 0 Å². The number of ether oxygens (including phenoxy) is 2. The highest BCUT2D eigenvalue weighted by atomic mass is 16.5. The second kappa shape index (κ2) is 8.97. The fourth-order valence-corrected chi connectivity index (χ4v) is 4.40. The van der Waals surface area contributed by atoms with Crippen molar-refractivity contribution in [2.24, 2.45) is 11.8 Å². The van der Waals surface area contributed by atoms with Gasteiger partial charge in [0.1, 0.15) is 5.75 Å². The van der Waals surface area contributed by atoms with Crippen molar-refractivity contribution in [2.45, 2.75) is 32.7 Å². The predicted molar refractivity (Wildman–Crippen MR) is 110 cm³/mol. The molecule has 6 nitrogen and oxygen atoms in total. The molecule has 0 amide bonds. The molecule has 3 heterocycles. The lowest BCUT2D eigenvalue weighted by Gasteiger charge is -2.18. The zero-order valence-corrected chi connectivity index (χ0v) is 17.0. The molecule has 2 atom stereocenters. The van der Waals surface area contributed by atoms with Crippen LogP contribution in [-0.2, 0) is 13.0 Å². The molecule has 2 aliphatic rings. The third-order valence-electron chi connectivity index (χ3n) is 5.96. The number of aromatic amines is 1. The van der Waals surface area contributed by atoms with E-state index in [4.69, 9.17) is 9.47 Å². The van der Waals surface area contributed by atoms with E-state index in [-0.39, 0.29) is 0 Å². The van der Waals surface area contributed by atoms with Crippen LogP contribution in [0.15, 0.2) is 24.3 Å². The number of likely N-dealkylation sites (tertiary alicyclic amines) is 1. The Morgan fingerprint density at radius 3 is 2.75 bits per heavy atom. The Morgan fingerprint density at radius 1 is 1.18 bits per heavy atom. The van der Waals surface area contributed by atoms with Gasteiger partial charge in [-0.15, -0.1) is 5.10 Å². The maximum absolute atomic E-state index is 5.69. The van der Waals surface area contributed by atoms with Gasteiger partial charge < -0.3 is 14.8 Å². The van der Waals surface area contributed by atoms with E-state index in [1.165, 1.54) is 31.7 Å². The Labute approximate surface area is 167 Å². The number of unbranched alkanes of at least 4 members (excludes halogenated alkanes) is 1. The number of nitrogens with zero attached hydrogens (tertiary/aromatic N) is 2. The molecule has 0 aliphatic carbocycles. The fraction of sp³-hybridized carbons (Fsp3) is 0.591. The normalized spacial score (nSPS) is 21.8. The minimum atomic E-state index is 0.674. The van der Waals surface area contributed by atoms with Crippen LogP contribution >= 0.6 is 0 Å². The van der Waals surface area contributed by atoms with Gasteiger partial charge in [0, 0.05) is 43.4 Å². The van der Waals surface area contributed by atoms with Crippen molar-refractivity contribution in [3.05, 3.63) is 41.1 Å². The number of aromatic nitrogens is 2. The van der Waals surface area contributed by atoms with Gasteiger partial charge >= 0.3 is 0 Å². The Hall–Kier alpha value is -2.05. The summed E-state index contributed by atoms with van der Waals surface area (Å²) in [4.78, 5) is 2.58. The lowest BCUT2D eigenvalue weighted by atomic mass is 10.0. The maximum Gasteiger partial charge on any atom is 0.232 e. The number of methoxy groups -OCH3 is 1. The number of H-pyrrole nitrogens is 1. The van der Waals surface area contributed by atoms with Crippen molar-refractivity contribution < 1.29 is 9.47 Å². The quantitative estimate of drug-likeness (QED) is 0.651. The zero-order valence-electron chi connectivity index (χ0n) is 17.0. The van der Waals surface area contributed by atoms with Crippen LogP contribution in [0.3, 0.4) is 0 Å². The van der Waals surface area contributed by atoms with E-state index in [1.807, 2.05) is 6.07 Å². The van der Waals surface area contributed by atoms with Crippen LogP contribution in [0.1, 0.15) is 36.6 Å². The number of benzene rings is 1. The standard InChI is InChI=1S/C22H32N4O2/c1-3-4-7-28-22-10-20(24-25-22)9-17-6-5-16(8-21(17)27-2)13-26-14-18-11-23-12-19(18)15-26/h5-6,8,10,18-19,23H,3-4,7,9,11-15H2,1-2H3,(H,24,25). The van der Waals surface area contributed by atoms with Gasteiger partial charge in [0.15, 0.2) is 0 Å². The molecule has 0 bridgehead atoms. The van der Waals surface area contributed by atoms with E-state index in [2.05, 4.69) is 45.5 Å². The SMILES string of the molecule is CCCCOc1cc(Cc2ccc(CN3CC4CNCC4C3)cc2OC)[nH]n1. The molecule has 28 heavy (non-hydrogen) atoms. The summed E-state index contributed by atoms with van der Waals surface area (Å²) < 4.78 is 11.4. The number of nitrogens with one attached hydrogen (secondary N) is 2. The summed E-state index contributed by atoms with van der Waals surface area (Å²) in [6.07, 6.45) is 2.93. The first-order valence-electron chi connectivity index (χ1n) is 10.5. The van der Waals surface area contributed by atoms with Gasteiger partial charge in [-0.3, -0.25) is 10.00 Å². The Kier molecular flexibility index (Phi) is 6.17. The molecule has 2 saturated heterocycles. The highest BCUT2D eigenvalue weighted by molar-refractivity contribution is 5.40. The number of hydrogen-bond acceptors (Lipinski definition) is 5. The van der Waals surface area contributed by atoms with E-state index in [9.17, 15) is 0 Å². The van der Waals surface area contributed by atoms with E-state index in [0.29, 0.717) is 12.5 Å². The summed E-state index contributed by atoms with van der Waals surface area (Å²) in [7, 11) is 1.75. The third-order valence-corrected chi connectivity index (χ3v) is 5.96. The predicted octanol–water partition coefficient (Wildman–Crippen LogP) is 2.84. The van der Waals surface area contributed by atoms with Crippen LogP contribution < -0.4 is 14.8 Å². The summed E-state index contributed by atoms with van der Waals surface area (Å²) in [6, 6.07) is 8.60. The van der Waals surface area contributed by atoms with Crippen LogP contribution in [0.4, 0.5) is 0 Å². The molecule has 0 spiro atoms. The van der Waals surface area contributed by atoms with Gasteiger partial charge in [0.05, 0.1) is 13.7 Å². The molecular formula is C22H32N4O2. The Bertz CT molecular complexity index is 764. The monoisotopic (exact) mass is 384 g/mol. The van der Waals surface area contributed by atoms with E-state index in [1.54, 1.807) is 7.11 Å². The molecule has 2 aliphatic heterocycles. The molecule has 1 aromatic carbocycles. The van der Waals surface area contributed by atoms with Gasteiger partial charge in [-0.25, -0.2) is 0 Å². The molecule has 2 N–H and O–H groups in total. The molecule has 2 aromatic rings. The van der Waals surface area contributed by atoms with E-state index >= 15 is 0 Å². The van der Waals surface area contributed by atoms with Gasteiger partial charge in [-0.05, 0) is 43.0 Å². The van der Waals surface area contributed by atoms with E-state index in [0.717, 1.165) is 54.6 Å². The Balaban J connectivity index is 1.37. The summed E-state index contributed by atoms with van der Waals surface area (Å²) in [6.45, 7) is 8.64. The lowest BCUT2D eigenvalue weighted by Crippen LogP contribution is -2.25. The van der Waals surface area contributed by atoms with Crippen LogP contribution in [0.2, 0.25) is 0 Å². The molecule has 0 radical (unpaired) electrons. The van der Waals surface area contributed by atoms with Crippen LogP contribution in [-0.4, -0.2) is 55.0 Å². The second-order valence-corrected chi connectivity index (χ2v) is 8.13. The number of hydrogen-bond donors (Lipinski definition) is 2. The first-order valence-corrected chi connectivity index (χ1v) is 10.5. The highest BCUT2D eigenvalue weighted by Crippen LogP contribution is 2.29. The van der Waals surface area contributed by atoms with Crippen molar-refractivity contribution in [3.63, 3.8) is 0 Å². The summed E-state index contributed by atoms with van der Waals surface area (Å²) >= 11 is 0. The molecule has 2 unspecified atom stereocenters. The molecule has 1 aromatic heterocycles. The van der Waals surface area contributed by atoms with Gasteiger partial charge in [0.25, 0.3) is 0 Å². The first-order chi connectivity index (χ1) is 13.7. The summed E-state index contributed by atoms with van der Waals surface area (Å²) in [5.41, 5.74) is 3.52. The van der Waals surface area contributed by atoms with Crippen molar-refractivity contribution in [3.8, 4) is 11.6 Å². The average Bonchev–Trinajstić information content (AvgIpc) is 3.40. The molecule has 6 heteroatoms. The second-order valence-electron chi connectivity index (χ2n) is 8.13. The van der Waals surface area contributed by atoms with Crippen LogP contribution in [0, 0.1) is 11.8 Å². The summed E-state index contributed by atoms with van der Waals surface area (Å²) in [5, 5.41) is 10.8. The van der Waals surface area contributed by atoms with Crippen molar-refractivity contribution in [2.75, 3.05) is 39.9 Å². The molecular weight excluding hydrogens is 352 g/mol. The van der Waals surface area contributed by atoms with Gasteiger partial charge in [-0.2, -0.15) is 0 Å². The number of rotatable bonds is 9. The largest absolute Gasteiger partial charge is 0.496 e. The van der Waals surface area contributed by atoms with Crippen molar-refractivity contribution in [1.82, 2.24) is 20.4 Å². The molecule has 0 saturated carbocycles. The zero-order chi connectivity index (χ0) is 19.3.